The van der Waals surface area contributed by atoms with E-state index in [9.17, 15) is 14.4 Å². The van der Waals surface area contributed by atoms with Gasteiger partial charge in [0.05, 0.1) is 18.1 Å². The largest absolute Gasteiger partial charge is 0.463 e. The Morgan fingerprint density at radius 1 is 1.31 bits per heavy atom. The van der Waals surface area contributed by atoms with E-state index in [0.717, 1.165) is 0 Å². The summed E-state index contributed by atoms with van der Waals surface area (Å²) in [5, 5.41) is 9.80. The molecule has 0 saturated carbocycles. The minimum absolute atomic E-state index is 0.129. The van der Waals surface area contributed by atoms with Gasteiger partial charge in [-0.2, -0.15) is 5.26 Å². The minimum atomic E-state index is -0.911. The number of aromatic nitrogens is 1. The molecule has 1 aliphatic rings. The lowest BCUT2D eigenvalue weighted by Crippen LogP contribution is -2.24. The molecule has 0 radical (unpaired) electrons. The number of allylic oxidation sites excluding steroid dienone is 2. The van der Waals surface area contributed by atoms with Crippen molar-refractivity contribution in [2.24, 2.45) is 0 Å². The second-order valence-corrected chi connectivity index (χ2v) is 5.67. The number of hydrogen-bond donors (Lipinski definition) is 0. The Hall–Kier alpha value is -3.33. The maximum absolute atomic E-state index is 14.5. The van der Waals surface area contributed by atoms with Gasteiger partial charge in [0, 0.05) is 18.0 Å². The van der Waals surface area contributed by atoms with E-state index < -0.39 is 17.7 Å². The third-order valence-electron chi connectivity index (χ3n) is 4.11. The van der Waals surface area contributed by atoms with Crippen molar-refractivity contribution in [1.82, 2.24) is 4.57 Å². The quantitative estimate of drug-likeness (QED) is 0.781. The van der Waals surface area contributed by atoms with E-state index in [1.807, 2.05) is 0 Å². The van der Waals surface area contributed by atoms with Crippen LogP contribution < -0.4 is 0 Å². The third kappa shape index (κ3) is 3.00. The van der Waals surface area contributed by atoms with Crippen molar-refractivity contribution in [1.29, 1.82) is 5.26 Å². The average molecular weight is 352 g/mol. The van der Waals surface area contributed by atoms with Crippen LogP contribution in [0.5, 0.6) is 0 Å². The van der Waals surface area contributed by atoms with Crippen molar-refractivity contribution in [3.8, 4) is 6.07 Å². The van der Waals surface area contributed by atoms with Gasteiger partial charge in [-0.05, 0) is 32.0 Å². The zero-order valence-electron chi connectivity index (χ0n) is 14.4. The summed E-state index contributed by atoms with van der Waals surface area (Å²) in [4.78, 5) is 12.5. The van der Waals surface area contributed by atoms with Crippen LogP contribution in [0.3, 0.4) is 0 Å². The second kappa shape index (κ2) is 7.28. The minimum Gasteiger partial charge on any atom is -0.463 e. The second-order valence-electron chi connectivity index (χ2n) is 5.67. The molecule has 1 atom stereocenters. The predicted molar refractivity (Wildman–Crippen MR) is 92.8 cm³/mol. The smallest absolute Gasteiger partial charge is 0.338 e. The number of nitrogens with zero attached hydrogens (tertiary/aromatic N) is 2. The van der Waals surface area contributed by atoms with Crippen molar-refractivity contribution >= 4 is 11.9 Å². The first-order chi connectivity index (χ1) is 12.6. The fourth-order valence-corrected chi connectivity index (χ4v) is 2.99. The van der Waals surface area contributed by atoms with Gasteiger partial charge in [0.1, 0.15) is 23.2 Å². The van der Waals surface area contributed by atoms with E-state index in [1.54, 1.807) is 61.1 Å². The Balaban J connectivity index is 2.25. The molecule has 26 heavy (non-hydrogen) atoms. The predicted octanol–water partition coefficient (Wildman–Crippen LogP) is 3.97. The average Bonchev–Trinajstić information content (AvgIpc) is 3.16. The van der Waals surface area contributed by atoms with Gasteiger partial charge in [0.15, 0.2) is 0 Å². The van der Waals surface area contributed by atoms with Gasteiger partial charge in [-0.3, -0.25) is 4.57 Å². The molecule has 5 nitrogen and oxygen atoms in total. The van der Waals surface area contributed by atoms with Crippen molar-refractivity contribution in [3.05, 3.63) is 77.1 Å². The number of carbonyl (C=O) groups excluding carboxylic acids is 1. The van der Waals surface area contributed by atoms with Crippen molar-refractivity contribution in [2.75, 3.05) is 6.61 Å². The standard InChI is InChI=1S/C20H17FN2O3/c1-3-25-20(24)17-13(2)26-19(23-10-6-7-11-23)15(12-22)18(17)14-8-4-5-9-16(14)21/h4-11,18H,3H2,1-2H3/t18-/m1/s1. The van der Waals surface area contributed by atoms with Gasteiger partial charge in [0.25, 0.3) is 0 Å². The topological polar surface area (TPSA) is 64.2 Å². The third-order valence-corrected chi connectivity index (χ3v) is 4.11. The summed E-state index contributed by atoms with van der Waals surface area (Å²) >= 11 is 0. The molecule has 0 fully saturated rings. The molecule has 0 unspecified atom stereocenters. The molecule has 0 saturated heterocycles. The van der Waals surface area contributed by atoms with Crippen LogP contribution in [0.2, 0.25) is 0 Å². The molecule has 2 aromatic rings. The number of ether oxygens (including phenoxy) is 2. The molecule has 1 aliphatic heterocycles. The SMILES string of the molecule is CCOC(=O)C1=C(C)OC(n2cccc2)=C(C#N)[C@H]1c1ccccc1F. The molecule has 0 spiro atoms. The maximum atomic E-state index is 14.5. The summed E-state index contributed by atoms with van der Waals surface area (Å²) in [6.07, 6.45) is 3.43. The van der Waals surface area contributed by atoms with Crippen LogP contribution in [-0.4, -0.2) is 17.1 Å². The first-order valence-corrected chi connectivity index (χ1v) is 8.16. The number of halogens is 1. The summed E-state index contributed by atoms with van der Waals surface area (Å²) in [5.41, 5.74) is 0.490. The van der Waals surface area contributed by atoms with Crippen molar-refractivity contribution in [2.45, 2.75) is 19.8 Å². The number of carbonyl (C=O) groups is 1. The molecule has 1 aromatic carbocycles. The van der Waals surface area contributed by atoms with Gasteiger partial charge < -0.3 is 9.47 Å². The van der Waals surface area contributed by atoms with Crippen LogP contribution in [0.1, 0.15) is 25.3 Å². The van der Waals surface area contributed by atoms with E-state index in [-0.39, 0.29) is 35.0 Å². The Bertz CT molecular complexity index is 936. The lowest BCUT2D eigenvalue weighted by molar-refractivity contribution is -0.139. The molecular weight excluding hydrogens is 335 g/mol. The monoisotopic (exact) mass is 352 g/mol. The highest BCUT2D eigenvalue weighted by molar-refractivity contribution is 5.93. The van der Waals surface area contributed by atoms with Crippen molar-refractivity contribution < 1.29 is 18.7 Å². The van der Waals surface area contributed by atoms with Gasteiger partial charge in [0.2, 0.25) is 5.88 Å². The Morgan fingerprint density at radius 3 is 2.62 bits per heavy atom. The summed E-state index contributed by atoms with van der Waals surface area (Å²) in [5.74, 6) is -1.52. The van der Waals surface area contributed by atoms with Crippen LogP contribution in [-0.2, 0) is 14.3 Å². The van der Waals surface area contributed by atoms with E-state index in [0.29, 0.717) is 0 Å². The van der Waals surface area contributed by atoms with E-state index in [2.05, 4.69) is 6.07 Å². The highest BCUT2D eigenvalue weighted by atomic mass is 19.1. The fourth-order valence-electron chi connectivity index (χ4n) is 2.99. The molecule has 0 bridgehead atoms. The highest BCUT2D eigenvalue weighted by Gasteiger charge is 2.38. The maximum Gasteiger partial charge on any atom is 0.338 e. The Morgan fingerprint density at radius 2 is 2.00 bits per heavy atom. The lowest BCUT2D eigenvalue weighted by Gasteiger charge is -2.28. The van der Waals surface area contributed by atoms with E-state index in [1.165, 1.54) is 6.07 Å². The molecule has 0 amide bonds. The molecule has 6 heteroatoms. The number of nitriles is 1. The molecule has 0 aliphatic carbocycles. The lowest BCUT2D eigenvalue weighted by atomic mass is 9.82. The van der Waals surface area contributed by atoms with Gasteiger partial charge in [-0.15, -0.1) is 0 Å². The normalized spacial score (nSPS) is 16.9. The van der Waals surface area contributed by atoms with Crippen LogP contribution >= 0.6 is 0 Å². The highest BCUT2D eigenvalue weighted by Crippen LogP contribution is 2.42. The van der Waals surface area contributed by atoms with Crippen LogP contribution in [0, 0.1) is 17.1 Å². The summed E-state index contributed by atoms with van der Waals surface area (Å²) in [6.45, 7) is 3.45. The number of hydrogen-bond acceptors (Lipinski definition) is 4. The van der Waals surface area contributed by atoms with Crippen LogP contribution in [0.4, 0.5) is 4.39 Å². The Kier molecular flexibility index (Phi) is 4.90. The molecule has 3 rings (SSSR count). The zero-order valence-corrected chi connectivity index (χ0v) is 14.4. The van der Waals surface area contributed by atoms with Gasteiger partial charge in [-0.25, -0.2) is 9.18 Å². The fraction of sp³-hybridized carbons (Fsp3) is 0.200. The van der Waals surface area contributed by atoms with Crippen molar-refractivity contribution in [3.63, 3.8) is 0 Å². The van der Waals surface area contributed by atoms with E-state index >= 15 is 0 Å². The number of esters is 1. The Labute approximate surface area is 150 Å². The molecule has 2 heterocycles. The number of benzene rings is 1. The molecule has 0 N–H and O–H groups in total. The first-order valence-electron chi connectivity index (χ1n) is 8.16. The molecule has 1 aromatic heterocycles. The zero-order chi connectivity index (χ0) is 18.7. The molecular formula is C20H17FN2O3. The number of rotatable bonds is 4. The first kappa shape index (κ1) is 17.5. The summed E-state index contributed by atoms with van der Waals surface area (Å²) < 4.78 is 27.1. The van der Waals surface area contributed by atoms with E-state index in [4.69, 9.17) is 9.47 Å². The van der Waals surface area contributed by atoms with Crippen LogP contribution in [0.15, 0.2) is 65.7 Å². The molecule has 132 valence electrons. The summed E-state index contributed by atoms with van der Waals surface area (Å²) in [7, 11) is 0. The van der Waals surface area contributed by atoms with Crippen LogP contribution in [0.25, 0.3) is 5.88 Å². The summed E-state index contributed by atoms with van der Waals surface area (Å²) in [6, 6.07) is 11.7. The van der Waals surface area contributed by atoms with Gasteiger partial charge in [-0.1, -0.05) is 18.2 Å². The van der Waals surface area contributed by atoms with Gasteiger partial charge >= 0.3 is 5.97 Å².